The fourth-order valence-corrected chi connectivity index (χ4v) is 3.84. The zero-order valence-electron chi connectivity index (χ0n) is 12.0. The predicted molar refractivity (Wildman–Crippen MR) is 86.0 cm³/mol. The molecule has 0 aliphatic heterocycles. The Balaban J connectivity index is 1.36. The Morgan fingerprint density at radius 2 is 2.10 bits per heavy atom. The van der Waals surface area contributed by atoms with Gasteiger partial charge in [-0.25, -0.2) is 0 Å². The van der Waals surface area contributed by atoms with Gasteiger partial charge in [0.15, 0.2) is 0 Å². The molecule has 4 heteroatoms. The molecular formula is C17H21NO2S. The van der Waals surface area contributed by atoms with Crippen LogP contribution in [0, 0.1) is 0 Å². The van der Waals surface area contributed by atoms with Gasteiger partial charge in [0.2, 0.25) is 0 Å². The number of ether oxygens (including phenoxy) is 1. The number of thiophene rings is 1. The van der Waals surface area contributed by atoms with Gasteiger partial charge in [-0.1, -0.05) is 18.2 Å². The third-order valence-electron chi connectivity index (χ3n) is 3.66. The topological polar surface area (TPSA) is 41.5 Å². The highest BCUT2D eigenvalue weighted by atomic mass is 32.1. The number of rotatable bonds is 7. The van der Waals surface area contributed by atoms with E-state index in [1.165, 1.54) is 29.7 Å². The molecule has 0 bridgehead atoms. The molecule has 0 fully saturated rings. The second-order valence-electron chi connectivity index (χ2n) is 5.42. The van der Waals surface area contributed by atoms with Gasteiger partial charge < -0.3 is 15.2 Å². The van der Waals surface area contributed by atoms with Crippen LogP contribution in [0.3, 0.4) is 0 Å². The van der Waals surface area contributed by atoms with Crippen LogP contribution in [0.25, 0.3) is 0 Å². The van der Waals surface area contributed by atoms with E-state index in [-0.39, 0.29) is 0 Å². The van der Waals surface area contributed by atoms with Gasteiger partial charge in [-0.15, -0.1) is 11.3 Å². The Kier molecular flexibility index (Phi) is 4.91. The first-order chi connectivity index (χ1) is 10.3. The Bertz CT molecular complexity index is 546. The summed E-state index contributed by atoms with van der Waals surface area (Å²) in [4.78, 5) is 2.93. The monoisotopic (exact) mass is 303 g/mol. The summed E-state index contributed by atoms with van der Waals surface area (Å²) in [7, 11) is 0. The highest BCUT2D eigenvalue weighted by Crippen LogP contribution is 2.30. The summed E-state index contributed by atoms with van der Waals surface area (Å²) >= 11 is 1.91. The molecule has 112 valence electrons. The van der Waals surface area contributed by atoms with Gasteiger partial charge in [-0.3, -0.25) is 0 Å². The van der Waals surface area contributed by atoms with Crippen molar-refractivity contribution in [2.45, 2.75) is 31.9 Å². The standard InChI is InChI=1S/C17H21NO2S/c19-14(12-20-15-6-2-1-3-7-15)10-18-11-16-9-13-5-4-8-17(13)21-16/h1-3,6-7,9,14,18-19H,4-5,8,10-12H2. The van der Waals surface area contributed by atoms with Crippen LogP contribution < -0.4 is 10.1 Å². The molecule has 0 spiro atoms. The number of aliphatic hydroxyl groups excluding tert-OH is 1. The molecule has 21 heavy (non-hydrogen) atoms. The van der Waals surface area contributed by atoms with Gasteiger partial charge in [-0.05, 0) is 43.0 Å². The number of aryl methyl sites for hydroxylation is 2. The average Bonchev–Trinajstić information content (AvgIpc) is 3.07. The lowest BCUT2D eigenvalue weighted by Gasteiger charge is -2.12. The maximum Gasteiger partial charge on any atom is 0.119 e. The fraction of sp³-hybridized carbons (Fsp3) is 0.412. The molecule has 1 heterocycles. The van der Waals surface area contributed by atoms with Crippen LogP contribution in [0.4, 0.5) is 0 Å². The summed E-state index contributed by atoms with van der Waals surface area (Å²) < 4.78 is 5.53. The molecule has 3 rings (SSSR count). The summed E-state index contributed by atoms with van der Waals surface area (Å²) in [6.45, 7) is 1.70. The van der Waals surface area contributed by atoms with Crippen LogP contribution in [0.1, 0.15) is 21.7 Å². The number of hydrogen-bond acceptors (Lipinski definition) is 4. The number of fused-ring (bicyclic) bond motifs is 1. The van der Waals surface area contributed by atoms with Crippen LogP contribution in [0.2, 0.25) is 0 Å². The van der Waals surface area contributed by atoms with Crippen molar-refractivity contribution in [1.29, 1.82) is 0 Å². The third-order valence-corrected chi connectivity index (χ3v) is 4.90. The molecule has 0 saturated heterocycles. The summed E-state index contributed by atoms with van der Waals surface area (Å²) in [5.74, 6) is 0.797. The van der Waals surface area contributed by atoms with Crippen molar-refractivity contribution in [3.05, 3.63) is 51.7 Å². The molecule has 0 amide bonds. The molecule has 2 N–H and O–H groups in total. The Morgan fingerprint density at radius 3 is 2.90 bits per heavy atom. The van der Waals surface area contributed by atoms with E-state index in [1.807, 2.05) is 41.7 Å². The molecule has 1 aromatic heterocycles. The van der Waals surface area contributed by atoms with Crippen LogP contribution in [0.5, 0.6) is 5.75 Å². The number of aliphatic hydroxyl groups is 1. The molecule has 1 aliphatic rings. The van der Waals surface area contributed by atoms with Crippen molar-refractivity contribution in [3.63, 3.8) is 0 Å². The van der Waals surface area contributed by atoms with Crippen molar-refractivity contribution in [1.82, 2.24) is 5.32 Å². The highest BCUT2D eigenvalue weighted by molar-refractivity contribution is 7.12. The molecule has 0 saturated carbocycles. The van der Waals surface area contributed by atoms with Gasteiger partial charge >= 0.3 is 0 Å². The third kappa shape index (κ3) is 4.06. The van der Waals surface area contributed by atoms with Crippen molar-refractivity contribution >= 4 is 11.3 Å². The van der Waals surface area contributed by atoms with Crippen LogP contribution in [0.15, 0.2) is 36.4 Å². The van der Waals surface area contributed by atoms with E-state index in [1.54, 1.807) is 4.88 Å². The maximum absolute atomic E-state index is 9.92. The number of para-hydroxylation sites is 1. The van der Waals surface area contributed by atoms with Gasteiger partial charge in [0.25, 0.3) is 0 Å². The Morgan fingerprint density at radius 1 is 1.24 bits per heavy atom. The van der Waals surface area contributed by atoms with E-state index < -0.39 is 6.10 Å². The minimum atomic E-state index is -0.489. The van der Waals surface area contributed by atoms with Crippen molar-refractivity contribution in [2.24, 2.45) is 0 Å². The van der Waals surface area contributed by atoms with Gasteiger partial charge in [0.1, 0.15) is 18.5 Å². The Labute approximate surface area is 129 Å². The van der Waals surface area contributed by atoms with Gasteiger partial charge in [0.05, 0.1) is 0 Å². The van der Waals surface area contributed by atoms with E-state index in [0.717, 1.165) is 12.3 Å². The maximum atomic E-state index is 9.92. The zero-order chi connectivity index (χ0) is 14.5. The summed E-state index contributed by atoms with van der Waals surface area (Å²) in [5.41, 5.74) is 1.53. The second-order valence-corrected chi connectivity index (χ2v) is 6.64. The quantitative estimate of drug-likeness (QED) is 0.826. The second kappa shape index (κ2) is 7.07. The fourth-order valence-electron chi connectivity index (χ4n) is 2.61. The van der Waals surface area contributed by atoms with Gasteiger partial charge in [-0.2, -0.15) is 0 Å². The van der Waals surface area contributed by atoms with Gasteiger partial charge in [0, 0.05) is 22.8 Å². The van der Waals surface area contributed by atoms with E-state index in [0.29, 0.717) is 13.2 Å². The first-order valence-electron chi connectivity index (χ1n) is 7.48. The average molecular weight is 303 g/mol. The first-order valence-corrected chi connectivity index (χ1v) is 8.30. The SMILES string of the molecule is OC(CNCc1cc2c(s1)CCC2)COc1ccccc1. The molecule has 1 aliphatic carbocycles. The summed E-state index contributed by atoms with van der Waals surface area (Å²) in [6, 6.07) is 11.9. The lowest BCUT2D eigenvalue weighted by atomic mass is 10.2. The summed E-state index contributed by atoms with van der Waals surface area (Å²) in [6.07, 6.45) is 3.30. The normalized spacial score (nSPS) is 14.9. The number of hydrogen-bond donors (Lipinski definition) is 2. The van der Waals surface area contributed by atoms with E-state index >= 15 is 0 Å². The molecule has 2 aromatic rings. The minimum absolute atomic E-state index is 0.317. The zero-order valence-corrected chi connectivity index (χ0v) is 12.9. The number of benzene rings is 1. The molecular weight excluding hydrogens is 282 g/mol. The van der Waals surface area contributed by atoms with Crippen molar-refractivity contribution in [2.75, 3.05) is 13.2 Å². The molecule has 1 unspecified atom stereocenters. The predicted octanol–water partition coefficient (Wildman–Crippen LogP) is 2.77. The van der Waals surface area contributed by atoms with Crippen molar-refractivity contribution in [3.8, 4) is 5.75 Å². The largest absolute Gasteiger partial charge is 0.491 e. The van der Waals surface area contributed by atoms with Crippen LogP contribution >= 0.6 is 11.3 Å². The smallest absolute Gasteiger partial charge is 0.119 e. The van der Waals surface area contributed by atoms with E-state index in [9.17, 15) is 5.11 Å². The van der Waals surface area contributed by atoms with Crippen molar-refractivity contribution < 1.29 is 9.84 Å². The lowest BCUT2D eigenvalue weighted by molar-refractivity contribution is 0.106. The molecule has 1 aromatic carbocycles. The first kappa shape index (κ1) is 14.6. The molecule has 0 radical (unpaired) electrons. The van der Waals surface area contributed by atoms with E-state index in [4.69, 9.17) is 4.74 Å². The van der Waals surface area contributed by atoms with Crippen LogP contribution in [-0.4, -0.2) is 24.4 Å². The van der Waals surface area contributed by atoms with Crippen LogP contribution in [-0.2, 0) is 19.4 Å². The van der Waals surface area contributed by atoms with E-state index in [2.05, 4.69) is 11.4 Å². The highest BCUT2D eigenvalue weighted by Gasteiger charge is 2.14. The Hall–Kier alpha value is -1.36. The lowest BCUT2D eigenvalue weighted by Crippen LogP contribution is -2.30. The molecule has 1 atom stereocenters. The number of nitrogens with one attached hydrogen (secondary N) is 1. The minimum Gasteiger partial charge on any atom is -0.491 e. The molecule has 3 nitrogen and oxygen atoms in total. The summed E-state index contributed by atoms with van der Waals surface area (Å²) in [5, 5.41) is 13.2.